The number of fused-ring (bicyclic) bond motifs is 1. The van der Waals surface area contributed by atoms with Crippen LogP contribution in [-0.2, 0) is 9.53 Å². The van der Waals surface area contributed by atoms with Crippen molar-refractivity contribution >= 4 is 22.4 Å². The standard InChI is InChI=1S/C13H14N2O2/c1-2-17-9-13(16)15-12-4-3-11-8-14-6-5-10(11)7-12/h3-8H,2,9H2,1H3,(H,15,16). The first-order valence-corrected chi connectivity index (χ1v) is 5.51. The molecular formula is C13H14N2O2. The highest BCUT2D eigenvalue weighted by molar-refractivity contribution is 5.94. The van der Waals surface area contributed by atoms with Gasteiger partial charge < -0.3 is 10.1 Å². The van der Waals surface area contributed by atoms with E-state index in [2.05, 4.69) is 10.3 Å². The molecule has 1 heterocycles. The quantitative estimate of drug-likeness (QED) is 0.876. The van der Waals surface area contributed by atoms with E-state index in [0.29, 0.717) is 6.61 Å². The lowest BCUT2D eigenvalue weighted by molar-refractivity contribution is -0.120. The lowest BCUT2D eigenvalue weighted by Crippen LogP contribution is -2.18. The lowest BCUT2D eigenvalue weighted by Gasteiger charge is -2.06. The van der Waals surface area contributed by atoms with Crippen molar-refractivity contribution < 1.29 is 9.53 Å². The van der Waals surface area contributed by atoms with Crippen LogP contribution in [0.2, 0.25) is 0 Å². The number of carbonyl (C=O) groups excluding carboxylic acids is 1. The van der Waals surface area contributed by atoms with Crippen LogP contribution in [0.4, 0.5) is 5.69 Å². The summed E-state index contributed by atoms with van der Waals surface area (Å²) >= 11 is 0. The molecule has 1 amide bonds. The predicted molar refractivity (Wildman–Crippen MR) is 66.9 cm³/mol. The van der Waals surface area contributed by atoms with Gasteiger partial charge in [0, 0.05) is 30.1 Å². The summed E-state index contributed by atoms with van der Waals surface area (Å²) in [6.07, 6.45) is 3.52. The van der Waals surface area contributed by atoms with Gasteiger partial charge in [0.2, 0.25) is 5.91 Å². The van der Waals surface area contributed by atoms with Crippen LogP contribution in [0.25, 0.3) is 10.8 Å². The summed E-state index contributed by atoms with van der Waals surface area (Å²) < 4.78 is 5.03. The summed E-state index contributed by atoms with van der Waals surface area (Å²) in [6, 6.07) is 7.61. The van der Waals surface area contributed by atoms with E-state index in [-0.39, 0.29) is 12.5 Å². The molecule has 0 bridgehead atoms. The SMILES string of the molecule is CCOCC(=O)Nc1ccc2cnccc2c1. The number of hydrogen-bond donors (Lipinski definition) is 1. The molecule has 1 aromatic carbocycles. The molecule has 4 nitrogen and oxygen atoms in total. The molecular weight excluding hydrogens is 216 g/mol. The van der Waals surface area contributed by atoms with Crippen molar-refractivity contribution in [2.75, 3.05) is 18.5 Å². The summed E-state index contributed by atoms with van der Waals surface area (Å²) in [5.74, 6) is -0.139. The van der Waals surface area contributed by atoms with E-state index in [0.717, 1.165) is 16.5 Å². The molecule has 1 N–H and O–H groups in total. The lowest BCUT2D eigenvalue weighted by atomic mass is 10.1. The van der Waals surface area contributed by atoms with Crippen LogP contribution in [0.5, 0.6) is 0 Å². The topological polar surface area (TPSA) is 51.2 Å². The Labute approximate surface area is 99.6 Å². The zero-order chi connectivity index (χ0) is 12.1. The molecule has 0 fully saturated rings. The molecule has 0 radical (unpaired) electrons. The molecule has 0 aliphatic heterocycles. The molecule has 0 spiro atoms. The molecule has 0 saturated carbocycles. The minimum Gasteiger partial charge on any atom is -0.372 e. The molecule has 88 valence electrons. The average molecular weight is 230 g/mol. The Kier molecular flexibility index (Phi) is 3.67. The third kappa shape index (κ3) is 3.01. The number of hydrogen-bond acceptors (Lipinski definition) is 3. The zero-order valence-electron chi connectivity index (χ0n) is 9.64. The Morgan fingerprint density at radius 2 is 2.24 bits per heavy atom. The van der Waals surface area contributed by atoms with Crippen molar-refractivity contribution in [1.29, 1.82) is 0 Å². The second kappa shape index (κ2) is 5.41. The molecule has 0 aliphatic rings. The molecule has 1 aromatic heterocycles. The van der Waals surface area contributed by atoms with Crippen LogP contribution in [0.3, 0.4) is 0 Å². The summed E-state index contributed by atoms with van der Waals surface area (Å²) in [4.78, 5) is 15.5. The normalized spacial score (nSPS) is 10.4. The van der Waals surface area contributed by atoms with Gasteiger partial charge in [0.25, 0.3) is 0 Å². The van der Waals surface area contributed by atoms with Crippen molar-refractivity contribution in [1.82, 2.24) is 4.98 Å². The first-order chi connectivity index (χ1) is 8.29. The van der Waals surface area contributed by atoms with Crippen molar-refractivity contribution in [3.8, 4) is 0 Å². The Bertz CT molecular complexity index is 526. The number of anilines is 1. The fourth-order valence-electron chi connectivity index (χ4n) is 1.55. The monoisotopic (exact) mass is 230 g/mol. The van der Waals surface area contributed by atoms with Crippen molar-refractivity contribution in [2.24, 2.45) is 0 Å². The summed E-state index contributed by atoms with van der Waals surface area (Å²) in [5, 5.41) is 4.89. The largest absolute Gasteiger partial charge is 0.372 e. The van der Waals surface area contributed by atoms with Gasteiger partial charge in [0.05, 0.1) is 0 Å². The van der Waals surface area contributed by atoms with Crippen LogP contribution in [0, 0.1) is 0 Å². The smallest absolute Gasteiger partial charge is 0.250 e. The molecule has 4 heteroatoms. The molecule has 2 rings (SSSR count). The number of pyridine rings is 1. The highest BCUT2D eigenvalue weighted by atomic mass is 16.5. The van der Waals surface area contributed by atoms with Gasteiger partial charge in [-0.05, 0) is 30.5 Å². The van der Waals surface area contributed by atoms with E-state index in [1.165, 1.54) is 0 Å². The third-order valence-electron chi connectivity index (χ3n) is 2.36. The summed E-state index contributed by atoms with van der Waals surface area (Å²) in [5.41, 5.74) is 0.772. The van der Waals surface area contributed by atoms with E-state index in [4.69, 9.17) is 4.74 Å². The highest BCUT2D eigenvalue weighted by Gasteiger charge is 2.02. The number of amides is 1. The van der Waals surface area contributed by atoms with Gasteiger partial charge in [-0.3, -0.25) is 9.78 Å². The highest BCUT2D eigenvalue weighted by Crippen LogP contribution is 2.17. The second-order valence-electron chi connectivity index (χ2n) is 3.62. The summed E-state index contributed by atoms with van der Waals surface area (Å²) in [6.45, 7) is 2.48. The van der Waals surface area contributed by atoms with E-state index < -0.39 is 0 Å². The Morgan fingerprint density at radius 3 is 3.06 bits per heavy atom. The van der Waals surface area contributed by atoms with E-state index >= 15 is 0 Å². The van der Waals surface area contributed by atoms with Gasteiger partial charge in [-0.1, -0.05) is 6.07 Å². The molecule has 0 saturated heterocycles. The third-order valence-corrected chi connectivity index (χ3v) is 2.36. The second-order valence-corrected chi connectivity index (χ2v) is 3.62. The number of benzene rings is 1. The molecule has 2 aromatic rings. The van der Waals surface area contributed by atoms with Crippen molar-refractivity contribution in [2.45, 2.75) is 6.92 Å². The number of rotatable bonds is 4. The summed E-state index contributed by atoms with van der Waals surface area (Å²) in [7, 11) is 0. The molecule has 0 aliphatic carbocycles. The average Bonchev–Trinajstić information content (AvgIpc) is 2.36. The maximum Gasteiger partial charge on any atom is 0.250 e. The first-order valence-electron chi connectivity index (χ1n) is 5.51. The first kappa shape index (κ1) is 11.5. The van der Waals surface area contributed by atoms with E-state index in [1.807, 2.05) is 31.2 Å². The molecule has 0 unspecified atom stereocenters. The van der Waals surface area contributed by atoms with Crippen molar-refractivity contribution in [3.05, 3.63) is 36.7 Å². The number of ether oxygens (including phenoxy) is 1. The number of aromatic nitrogens is 1. The predicted octanol–water partition coefficient (Wildman–Crippen LogP) is 2.21. The van der Waals surface area contributed by atoms with Gasteiger partial charge in [0.1, 0.15) is 6.61 Å². The van der Waals surface area contributed by atoms with Gasteiger partial charge in [-0.25, -0.2) is 0 Å². The van der Waals surface area contributed by atoms with Crippen LogP contribution in [-0.4, -0.2) is 24.1 Å². The van der Waals surface area contributed by atoms with Gasteiger partial charge in [0.15, 0.2) is 0 Å². The van der Waals surface area contributed by atoms with Gasteiger partial charge in [-0.15, -0.1) is 0 Å². The number of carbonyl (C=O) groups is 1. The van der Waals surface area contributed by atoms with Crippen LogP contribution in [0.15, 0.2) is 36.7 Å². The Balaban J connectivity index is 2.11. The van der Waals surface area contributed by atoms with Crippen molar-refractivity contribution in [3.63, 3.8) is 0 Å². The maximum atomic E-state index is 11.5. The minimum absolute atomic E-state index is 0.0882. The van der Waals surface area contributed by atoms with Crippen LogP contribution >= 0.6 is 0 Å². The molecule has 17 heavy (non-hydrogen) atoms. The fourth-order valence-corrected chi connectivity index (χ4v) is 1.55. The maximum absolute atomic E-state index is 11.5. The zero-order valence-corrected chi connectivity index (χ0v) is 9.64. The number of nitrogens with zero attached hydrogens (tertiary/aromatic N) is 1. The minimum atomic E-state index is -0.139. The van der Waals surface area contributed by atoms with Crippen LogP contribution in [0.1, 0.15) is 6.92 Å². The molecule has 0 atom stereocenters. The van der Waals surface area contributed by atoms with Crippen LogP contribution < -0.4 is 5.32 Å². The number of nitrogens with one attached hydrogen (secondary N) is 1. The fraction of sp³-hybridized carbons (Fsp3) is 0.231. The van der Waals surface area contributed by atoms with E-state index in [9.17, 15) is 4.79 Å². The van der Waals surface area contributed by atoms with Gasteiger partial charge >= 0.3 is 0 Å². The Hall–Kier alpha value is -1.94. The Morgan fingerprint density at radius 1 is 1.35 bits per heavy atom. The van der Waals surface area contributed by atoms with E-state index in [1.54, 1.807) is 12.4 Å². The van der Waals surface area contributed by atoms with Gasteiger partial charge in [-0.2, -0.15) is 0 Å².